The highest BCUT2D eigenvalue weighted by Gasteiger charge is 2.34. The molecule has 10 nitrogen and oxygen atoms in total. The molecule has 0 atom stereocenters. The third-order valence-corrected chi connectivity index (χ3v) is 4.41. The lowest BCUT2D eigenvalue weighted by Gasteiger charge is -2.09. The maximum absolute atomic E-state index is 12.6. The van der Waals surface area contributed by atoms with E-state index in [-0.39, 0.29) is 34.8 Å². The zero-order chi connectivity index (χ0) is 20.4. The molecule has 3 rings (SSSR count). The lowest BCUT2D eigenvalue weighted by molar-refractivity contribution is -0.385. The quantitative estimate of drug-likeness (QED) is 0.225. The fraction of sp³-hybridized carbons (Fsp3) is 0.222. The Morgan fingerprint density at radius 2 is 1.75 bits per heavy atom. The van der Waals surface area contributed by atoms with E-state index in [2.05, 4.69) is 5.10 Å². The van der Waals surface area contributed by atoms with Crippen molar-refractivity contribution in [3.05, 3.63) is 67.3 Å². The van der Waals surface area contributed by atoms with Gasteiger partial charge in [0.05, 0.1) is 27.7 Å². The predicted octanol–water partition coefficient (Wildman–Crippen LogP) is 3.15. The Balaban J connectivity index is 2.23. The van der Waals surface area contributed by atoms with Crippen LogP contribution in [0.1, 0.15) is 41.3 Å². The van der Waals surface area contributed by atoms with E-state index in [1.54, 1.807) is 0 Å². The Kier molecular flexibility index (Phi) is 5.03. The van der Waals surface area contributed by atoms with E-state index < -0.39 is 15.8 Å². The van der Waals surface area contributed by atoms with Gasteiger partial charge < -0.3 is 10.6 Å². The lowest BCUT2D eigenvalue weighted by Crippen LogP contribution is -2.10. The number of nitrogens with two attached hydrogens (primary N) is 1. The summed E-state index contributed by atoms with van der Waals surface area (Å²) in [6, 6.07) is 6.42. The standard InChI is InChI=1S/C18H16N4O6/c1-2-3-6-28-18(23)15-9-11(22(26)27)8-14-16(15)12-5-4-10(21(24)25)7-13(12)17(14)20-19/h4-5,7-9H,2-3,6,19H2,1H3. The molecule has 2 aromatic carbocycles. The predicted molar refractivity (Wildman–Crippen MR) is 100 cm³/mol. The summed E-state index contributed by atoms with van der Waals surface area (Å²) in [7, 11) is 0. The van der Waals surface area contributed by atoms with Crippen LogP contribution in [0.25, 0.3) is 11.1 Å². The summed E-state index contributed by atoms with van der Waals surface area (Å²) in [6.07, 6.45) is 1.47. The van der Waals surface area contributed by atoms with Gasteiger partial charge in [0.25, 0.3) is 11.4 Å². The Labute approximate surface area is 158 Å². The number of non-ortho nitro benzene ring substituents is 2. The second-order valence-electron chi connectivity index (χ2n) is 6.13. The molecular formula is C18H16N4O6. The SMILES string of the molecule is CCCCOC(=O)c1cc([N+](=O)[O-])cc2c1-c1ccc([N+](=O)[O-])cc1C2=NN. The summed E-state index contributed by atoms with van der Waals surface area (Å²) in [5, 5.41) is 26.1. The molecule has 0 fully saturated rings. The van der Waals surface area contributed by atoms with Crippen LogP contribution in [0.4, 0.5) is 11.4 Å². The van der Waals surface area contributed by atoms with Crippen molar-refractivity contribution in [2.45, 2.75) is 19.8 Å². The number of rotatable bonds is 6. The molecule has 1 aliphatic rings. The number of nitro benzene ring substituents is 2. The van der Waals surface area contributed by atoms with Crippen molar-refractivity contribution in [2.75, 3.05) is 6.61 Å². The average molecular weight is 384 g/mol. The number of ether oxygens (including phenoxy) is 1. The monoisotopic (exact) mass is 384 g/mol. The molecule has 28 heavy (non-hydrogen) atoms. The molecule has 2 aromatic rings. The van der Waals surface area contributed by atoms with Crippen molar-refractivity contribution in [2.24, 2.45) is 10.9 Å². The zero-order valence-electron chi connectivity index (χ0n) is 14.9. The number of benzene rings is 2. The molecule has 0 bridgehead atoms. The van der Waals surface area contributed by atoms with E-state index in [9.17, 15) is 25.0 Å². The Hall–Kier alpha value is -3.82. The van der Waals surface area contributed by atoms with Crippen LogP contribution in [0.2, 0.25) is 0 Å². The molecule has 1 aliphatic carbocycles. The van der Waals surface area contributed by atoms with Crippen LogP contribution in [0, 0.1) is 20.2 Å². The highest BCUT2D eigenvalue weighted by molar-refractivity contribution is 6.27. The number of unbranched alkanes of at least 4 members (excludes halogenated alkanes) is 1. The number of nitrogens with zero attached hydrogens (tertiary/aromatic N) is 3. The van der Waals surface area contributed by atoms with Gasteiger partial charge in [-0.3, -0.25) is 20.2 Å². The molecule has 0 radical (unpaired) electrons. The van der Waals surface area contributed by atoms with Gasteiger partial charge in [-0.15, -0.1) is 0 Å². The Bertz CT molecular complexity index is 1030. The summed E-state index contributed by atoms with van der Waals surface area (Å²) in [4.78, 5) is 33.8. The van der Waals surface area contributed by atoms with Gasteiger partial charge in [0, 0.05) is 41.0 Å². The largest absolute Gasteiger partial charge is 0.462 e. The third kappa shape index (κ3) is 3.15. The van der Waals surface area contributed by atoms with Crippen molar-refractivity contribution in [3.63, 3.8) is 0 Å². The van der Waals surface area contributed by atoms with E-state index in [4.69, 9.17) is 10.6 Å². The molecule has 0 heterocycles. The molecule has 0 aliphatic heterocycles. The summed E-state index contributed by atoms with van der Waals surface area (Å²) in [6.45, 7) is 2.11. The number of hydrazone groups is 1. The Morgan fingerprint density at radius 3 is 2.36 bits per heavy atom. The molecule has 0 unspecified atom stereocenters. The van der Waals surface area contributed by atoms with Crippen molar-refractivity contribution in [1.82, 2.24) is 0 Å². The van der Waals surface area contributed by atoms with Crippen LogP contribution in [-0.2, 0) is 4.74 Å². The minimum atomic E-state index is -0.712. The van der Waals surface area contributed by atoms with Gasteiger partial charge in [0.15, 0.2) is 0 Å². The van der Waals surface area contributed by atoms with E-state index in [0.29, 0.717) is 23.1 Å². The molecule has 0 spiro atoms. The molecule has 0 amide bonds. The fourth-order valence-corrected chi connectivity index (χ4v) is 3.10. The normalized spacial score (nSPS) is 13.1. The number of hydrogen-bond acceptors (Lipinski definition) is 8. The number of nitro groups is 2. The van der Waals surface area contributed by atoms with Crippen LogP contribution in [0.3, 0.4) is 0 Å². The number of esters is 1. The van der Waals surface area contributed by atoms with Gasteiger partial charge in [-0.1, -0.05) is 13.3 Å². The minimum Gasteiger partial charge on any atom is -0.462 e. The van der Waals surface area contributed by atoms with Gasteiger partial charge in [-0.25, -0.2) is 4.79 Å². The number of carbonyl (C=O) groups is 1. The summed E-state index contributed by atoms with van der Waals surface area (Å²) in [5.74, 6) is 4.76. The smallest absolute Gasteiger partial charge is 0.339 e. The first-order valence-corrected chi connectivity index (χ1v) is 8.46. The van der Waals surface area contributed by atoms with Crippen LogP contribution in [0.15, 0.2) is 35.4 Å². The maximum atomic E-state index is 12.6. The first-order chi connectivity index (χ1) is 13.4. The highest BCUT2D eigenvalue weighted by Crippen LogP contribution is 2.42. The molecular weight excluding hydrogens is 368 g/mol. The number of hydrogen-bond donors (Lipinski definition) is 1. The van der Waals surface area contributed by atoms with E-state index >= 15 is 0 Å². The van der Waals surface area contributed by atoms with Crippen LogP contribution in [-0.4, -0.2) is 28.1 Å². The second-order valence-corrected chi connectivity index (χ2v) is 6.13. The van der Waals surface area contributed by atoms with Crippen LogP contribution >= 0.6 is 0 Å². The van der Waals surface area contributed by atoms with Crippen molar-refractivity contribution in [3.8, 4) is 11.1 Å². The van der Waals surface area contributed by atoms with Gasteiger partial charge in [0.1, 0.15) is 0 Å². The Morgan fingerprint density at radius 1 is 1.07 bits per heavy atom. The second kappa shape index (κ2) is 7.43. The van der Waals surface area contributed by atoms with Crippen molar-refractivity contribution in [1.29, 1.82) is 0 Å². The highest BCUT2D eigenvalue weighted by atomic mass is 16.6. The van der Waals surface area contributed by atoms with Crippen molar-refractivity contribution >= 4 is 23.1 Å². The molecule has 2 N–H and O–H groups in total. The number of carbonyl (C=O) groups excluding carboxylic acids is 1. The first kappa shape index (κ1) is 19.0. The minimum absolute atomic E-state index is 0.00550. The topological polar surface area (TPSA) is 151 Å². The van der Waals surface area contributed by atoms with Crippen LogP contribution < -0.4 is 5.84 Å². The van der Waals surface area contributed by atoms with Crippen LogP contribution in [0.5, 0.6) is 0 Å². The van der Waals surface area contributed by atoms with E-state index in [1.807, 2.05) is 6.92 Å². The molecule has 0 saturated heterocycles. The summed E-state index contributed by atoms with van der Waals surface area (Å²) in [5.41, 5.74) is 1.04. The summed E-state index contributed by atoms with van der Waals surface area (Å²) >= 11 is 0. The third-order valence-electron chi connectivity index (χ3n) is 4.41. The lowest BCUT2D eigenvalue weighted by atomic mass is 9.98. The van der Waals surface area contributed by atoms with Gasteiger partial charge in [-0.2, -0.15) is 5.10 Å². The molecule has 0 aromatic heterocycles. The van der Waals surface area contributed by atoms with E-state index in [0.717, 1.165) is 12.5 Å². The van der Waals surface area contributed by atoms with Crippen molar-refractivity contribution < 1.29 is 19.4 Å². The zero-order valence-corrected chi connectivity index (χ0v) is 14.9. The maximum Gasteiger partial charge on any atom is 0.339 e. The molecule has 10 heteroatoms. The van der Waals surface area contributed by atoms with E-state index in [1.165, 1.54) is 24.3 Å². The van der Waals surface area contributed by atoms with Gasteiger partial charge in [0.2, 0.25) is 0 Å². The first-order valence-electron chi connectivity index (χ1n) is 8.46. The van der Waals surface area contributed by atoms with Gasteiger partial charge in [-0.05, 0) is 18.1 Å². The van der Waals surface area contributed by atoms with Gasteiger partial charge >= 0.3 is 5.97 Å². The molecule has 0 saturated carbocycles. The fourth-order valence-electron chi connectivity index (χ4n) is 3.10. The summed E-state index contributed by atoms with van der Waals surface area (Å²) < 4.78 is 5.23. The molecule has 144 valence electrons. The number of fused-ring (bicyclic) bond motifs is 3. The average Bonchev–Trinajstić information content (AvgIpc) is 2.99.